The number of carbonyl (C=O) groups is 1. The summed E-state index contributed by atoms with van der Waals surface area (Å²) in [6.45, 7) is 4.25. The molecular weight excluding hydrogens is 352 g/mol. The number of hydrogen-bond acceptors (Lipinski definition) is 4. The SMILES string of the molecule is CNS(=O)(=O)c1cc(C(=O)N(C)CCOc2ccccc2)cc(C)c1C. The van der Waals surface area contributed by atoms with E-state index in [9.17, 15) is 13.2 Å². The van der Waals surface area contributed by atoms with E-state index in [1.165, 1.54) is 18.0 Å². The lowest BCUT2D eigenvalue weighted by molar-refractivity contribution is 0.0773. The van der Waals surface area contributed by atoms with Crippen LogP contribution in [0.1, 0.15) is 21.5 Å². The van der Waals surface area contributed by atoms with Gasteiger partial charge in [-0.15, -0.1) is 0 Å². The Bertz CT molecular complexity index is 880. The predicted molar refractivity (Wildman–Crippen MR) is 101 cm³/mol. The van der Waals surface area contributed by atoms with Crippen molar-refractivity contribution in [1.82, 2.24) is 9.62 Å². The maximum atomic E-state index is 12.7. The van der Waals surface area contributed by atoms with Gasteiger partial charge in [0.2, 0.25) is 10.0 Å². The maximum absolute atomic E-state index is 12.7. The number of para-hydroxylation sites is 1. The van der Waals surface area contributed by atoms with Crippen molar-refractivity contribution in [3.8, 4) is 5.75 Å². The molecule has 0 aromatic heterocycles. The van der Waals surface area contributed by atoms with Gasteiger partial charge in [-0.05, 0) is 56.3 Å². The van der Waals surface area contributed by atoms with Crippen LogP contribution in [0.2, 0.25) is 0 Å². The van der Waals surface area contributed by atoms with Crippen molar-refractivity contribution in [3.05, 3.63) is 59.2 Å². The fourth-order valence-electron chi connectivity index (χ4n) is 2.48. The second-order valence-corrected chi connectivity index (χ2v) is 7.87. The molecule has 140 valence electrons. The number of carbonyl (C=O) groups excluding carboxylic acids is 1. The Morgan fingerprint density at radius 3 is 2.42 bits per heavy atom. The molecule has 0 spiro atoms. The molecule has 2 aromatic carbocycles. The zero-order chi connectivity index (χ0) is 19.3. The van der Waals surface area contributed by atoms with Crippen LogP contribution in [0.5, 0.6) is 5.75 Å². The molecule has 1 N–H and O–H groups in total. The normalized spacial score (nSPS) is 11.2. The first-order valence-corrected chi connectivity index (χ1v) is 9.72. The number of amides is 1. The van der Waals surface area contributed by atoms with Crippen molar-refractivity contribution in [2.24, 2.45) is 0 Å². The third-order valence-corrected chi connectivity index (χ3v) is 5.75. The molecule has 0 aliphatic heterocycles. The Kier molecular flexibility index (Phi) is 6.39. The molecule has 0 fully saturated rings. The van der Waals surface area contributed by atoms with E-state index >= 15 is 0 Å². The summed E-state index contributed by atoms with van der Waals surface area (Å²) >= 11 is 0. The van der Waals surface area contributed by atoms with Crippen molar-refractivity contribution in [2.75, 3.05) is 27.2 Å². The largest absolute Gasteiger partial charge is 0.492 e. The van der Waals surface area contributed by atoms with E-state index in [1.54, 1.807) is 27.0 Å². The van der Waals surface area contributed by atoms with E-state index < -0.39 is 10.0 Å². The van der Waals surface area contributed by atoms with E-state index in [0.29, 0.717) is 24.3 Å². The Balaban J connectivity index is 2.13. The molecule has 0 aliphatic carbocycles. The molecule has 0 radical (unpaired) electrons. The first-order valence-electron chi connectivity index (χ1n) is 8.24. The second kappa shape index (κ2) is 8.33. The minimum atomic E-state index is -3.63. The highest BCUT2D eigenvalue weighted by molar-refractivity contribution is 7.89. The summed E-state index contributed by atoms with van der Waals surface area (Å²) in [6, 6.07) is 12.5. The van der Waals surface area contributed by atoms with Crippen molar-refractivity contribution < 1.29 is 17.9 Å². The molecule has 26 heavy (non-hydrogen) atoms. The number of sulfonamides is 1. The van der Waals surface area contributed by atoms with Gasteiger partial charge >= 0.3 is 0 Å². The minimum absolute atomic E-state index is 0.122. The zero-order valence-electron chi connectivity index (χ0n) is 15.4. The molecule has 1 amide bonds. The number of likely N-dealkylation sites (N-methyl/N-ethyl adjacent to an activating group) is 1. The van der Waals surface area contributed by atoms with Gasteiger partial charge in [-0.1, -0.05) is 18.2 Å². The number of nitrogens with zero attached hydrogens (tertiary/aromatic N) is 1. The van der Waals surface area contributed by atoms with Gasteiger partial charge in [0, 0.05) is 12.6 Å². The Hall–Kier alpha value is -2.38. The number of benzene rings is 2. The molecule has 7 heteroatoms. The average Bonchev–Trinajstić information content (AvgIpc) is 2.63. The first kappa shape index (κ1) is 19.9. The smallest absolute Gasteiger partial charge is 0.253 e. The molecule has 2 rings (SSSR count). The quantitative estimate of drug-likeness (QED) is 0.805. The van der Waals surface area contributed by atoms with Gasteiger partial charge in [0.25, 0.3) is 5.91 Å². The fraction of sp³-hybridized carbons (Fsp3) is 0.316. The highest BCUT2D eigenvalue weighted by Gasteiger charge is 2.20. The van der Waals surface area contributed by atoms with Gasteiger partial charge in [0.1, 0.15) is 12.4 Å². The zero-order valence-corrected chi connectivity index (χ0v) is 16.3. The number of hydrogen-bond donors (Lipinski definition) is 1. The van der Waals surface area contributed by atoms with Crippen molar-refractivity contribution >= 4 is 15.9 Å². The molecular formula is C19H24N2O4S. The van der Waals surface area contributed by atoms with Crippen LogP contribution in [0.3, 0.4) is 0 Å². The fourth-order valence-corrected chi connectivity index (χ4v) is 3.54. The molecule has 0 atom stereocenters. The van der Waals surface area contributed by atoms with Gasteiger partial charge in [-0.2, -0.15) is 0 Å². The summed E-state index contributed by atoms with van der Waals surface area (Å²) < 4.78 is 32.3. The van der Waals surface area contributed by atoms with Crippen LogP contribution in [0.15, 0.2) is 47.4 Å². The number of ether oxygens (including phenoxy) is 1. The molecule has 0 aliphatic rings. The van der Waals surface area contributed by atoms with E-state index in [-0.39, 0.29) is 10.8 Å². The summed E-state index contributed by atoms with van der Waals surface area (Å²) in [4.78, 5) is 14.3. The summed E-state index contributed by atoms with van der Waals surface area (Å²) in [5.41, 5.74) is 1.72. The van der Waals surface area contributed by atoms with Gasteiger partial charge in [0.15, 0.2) is 0 Å². The lowest BCUT2D eigenvalue weighted by Crippen LogP contribution is -2.31. The van der Waals surface area contributed by atoms with Gasteiger partial charge in [-0.25, -0.2) is 13.1 Å². The molecule has 0 unspecified atom stereocenters. The van der Waals surface area contributed by atoms with Crippen LogP contribution in [0, 0.1) is 13.8 Å². The lowest BCUT2D eigenvalue weighted by atomic mass is 10.1. The van der Waals surface area contributed by atoms with Crippen LogP contribution >= 0.6 is 0 Å². The van der Waals surface area contributed by atoms with Crippen LogP contribution < -0.4 is 9.46 Å². The molecule has 0 saturated heterocycles. The topological polar surface area (TPSA) is 75.7 Å². The van der Waals surface area contributed by atoms with Crippen LogP contribution in [0.25, 0.3) is 0 Å². The molecule has 0 bridgehead atoms. The average molecular weight is 376 g/mol. The molecule has 6 nitrogen and oxygen atoms in total. The Morgan fingerprint density at radius 1 is 1.15 bits per heavy atom. The Morgan fingerprint density at radius 2 is 1.81 bits per heavy atom. The summed E-state index contributed by atoms with van der Waals surface area (Å²) in [5, 5.41) is 0. The standard InChI is InChI=1S/C19H24N2O4S/c1-14-12-16(13-18(15(14)2)26(23,24)20-3)19(22)21(4)10-11-25-17-8-6-5-7-9-17/h5-9,12-13,20H,10-11H2,1-4H3. The summed E-state index contributed by atoms with van der Waals surface area (Å²) in [6.07, 6.45) is 0. The van der Waals surface area contributed by atoms with E-state index in [0.717, 1.165) is 11.3 Å². The van der Waals surface area contributed by atoms with Gasteiger partial charge < -0.3 is 9.64 Å². The van der Waals surface area contributed by atoms with E-state index in [4.69, 9.17) is 4.74 Å². The third-order valence-electron chi connectivity index (χ3n) is 4.21. The number of nitrogens with one attached hydrogen (secondary N) is 1. The van der Waals surface area contributed by atoms with Gasteiger partial charge in [-0.3, -0.25) is 4.79 Å². The minimum Gasteiger partial charge on any atom is -0.492 e. The lowest BCUT2D eigenvalue weighted by Gasteiger charge is -2.19. The van der Waals surface area contributed by atoms with Crippen molar-refractivity contribution in [3.63, 3.8) is 0 Å². The first-order chi connectivity index (χ1) is 12.3. The number of rotatable bonds is 7. The predicted octanol–water partition coefficient (Wildman–Crippen LogP) is 2.36. The summed E-state index contributed by atoms with van der Waals surface area (Å²) in [7, 11) is -0.614. The highest BCUT2D eigenvalue weighted by Crippen LogP contribution is 2.21. The second-order valence-electron chi connectivity index (χ2n) is 6.01. The van der Waals surface area contributed by atoms with Crippen molar-refractivity contribution in [2.45, 2.75) is 18.7 Å². The highest BCUT2D eigenvalue weighted by atomic mass is 32.2. The van der Waals surface area contributed by atoms with E-state index in [2.05, 4.69) is 4.72 Å². The Labute approximate surface area is 154 Å². The third kappa shape index (κ3) is 4.62. The monoisotopic (exact) mass is 376 g/mol. The molecule has 0 heterocycles. The van der Waals surface area contributed by atoms with Crippen molar-refractivity contribution in [1.29, 1.82) is 0 Å². The van der Waals surface area contributed by atoms with Crippen LogP contribution in [0.4, 0.5) is 0 Å². The van der Waals surface area contributed by atoms with Gasteiger partial charge in [0.05, 0.1) is 11.4 Å². The van der Waals surface area contributed by atoms with Crippen LogP contribution in [-0.4, -0.2) is 46.5 Å². The summed E-state index contributed by atoms with van der Waals surface area (Å²) in [5.74, 6) is 0.485. The number of aryl methyl sites for hydroxylation is 1. The molecule has 2 aromatic rings. The molecule has 0 saturated carbocycles. The van der Waals surface area contributed by atoms with E-state index in [1.807, 2.05) is 30.3 Å². The van der Waals surface area contributed by atoms with Crippen LogP contribution in [-0.2, 0) is 10.0 Å². The maximum Gasteiger partial charge on any atom is 0.253 e.